The van der Waals surface area contributed by atoms with Crippen LogP contribution in [0.25, 0.3) is 0 Å². The molecule has 2 heterocycles. The third-order valence-corrected chi connectivity index (χ3v) is 5.95. The highest BCUT2D eigenvalue weighted by Crippen LogP contribution is 2.42. The minimum absolute atomic E-state index is 0.00840. The first-order valence-electron chi connectivity index (χ1n) is 8.46. The third kappa shape index (κ3) is 3.26. The molecule has 0 bridgehead atoms. The zero-order chi connectivity index (χ0) is 15.8. The molecule has 0 aromatic rings. The lowest BCUT2D eigenvalue weighted by Crippen LogP contribution is -2.47. The number of carbonyl (C=O) groups is 1. The molecular formula is C16H25F3N2O. The van der Waals surface area contributed by atoms with Crippen molar-refractivity contribution >= 4 is 5.91 Å². The highest BCUT2D eigenvalue weighted by Gasteiger charge is 2.45. The van der Waals surface area contributed by atoms with Gasteiger partial charge in [-0.1, -0.05) is 6.42 Å². The molecule has 2 aliphatic heterocycles. The summed E-state index contributed by atoms with van der Waals surface area (Å²) in [5.41, 5.74) is 0.331. The van der Waals surface area contributed by atoms with Gasteiger partial charge >= 0.3 is 6.18 Å². The van der Waals surface area contributed by atoms with Crippen LogP contribution in [0.5, 0.6) is 0 Å². The second kappa shape index (κ2) is 6.02. The van der Waals surface area contributed by atoms with Gasteiger partial charge in [0.15, 0.2) is 0 Å². The van der Waals surface area contributed by atoms with E-state index in [0.29, 0.717) is 31.3 Å². The van der Waals surface area contributed by atoms with Gasteiger partial charge in [-0.05, 0) is 50.5 Å². The second-order valence-electron chi connectivity index (χ2n) is 7.35. The summed E-state index contributed by atoms with van der Waals surface area (Å²) < 4.78 is 38.7. The molecule has 1 amide bonds. The summed E-state index contributed by atoms with van der Waals surface area (Å²) in [6, 6.07) is 0. The van der Waals surface area contributed by atoms with Crippen LogP contribution in [0.1, 0.15) is 44.9 Å². The van der Waals surface area contributed by atoms with Gasteiger partial charge in [-0.15, -0.1) is 0 Å². The van der Waals surface area contributed by atoms with Crippen molar-refractivity contribution in [2.75, 3.05) is 26.2 Å². The molecule has 3 fully saturated rings. The number of carbonyl (C=O) groups excluding carboxylic acids is 1. The number of amides is 1. The predicted molar refractivity (Wildman–Crippen MR) is 77.2 cm³/mol. The minimum Gasteiger partial charge on any atom is -0.342 e. The van der Waals surface area contributed by atoms with Gasteiger partial charge in [0.1, 0.15) is 0 Å². The molecule has 0 aromatic carbocycles. The zero-order valence-electron chi connectivity index (χ0n) is 12.9. The summed E-state index contributed by atoms with van der Waals surface area (Å²) in [5, 5.41) is 3.38. The number of hydrogen-bond donors (Lipinski definition) is 1. The average molecular weight is 318 g/mol. The Morgan fingerprint density at radius 2 is 1.86 bits per heavy atom. The number of nitrogens with one attached hydrogen (secondary N) is 1. The molecule has 6 heteroatoms. The smallest absolute Gasteiger partial charge is 0.342 e. The van der Waals surface area contributed by atoms with Crippen molar-refractivity contribution in [1.29, 1.82) is 0 Å². The van der Waals surface area contributed by atoms with Crippen LogP contribution in [-0.2, 0) is 4.79 Å². The minimum atomic E-state index is -4.15. The van der Waals surface area contributed by atoms with Crippen LogP contribution in [0.4, 0.5) is 13.2 Å². The van der Waals surface area contributed by atoms with Crippen LogP contribution in [-0.4, -0.2) is 43.2 Å². The molecule has 1 spiro atoms. The molecule has 3 aliphatic rings. The van der Waals surface area contributed by atoms with Gasteiger partial charge < -0.3 is 10.2 Å². The van der Waals surface area contributed by atoms with Crippen molar-refractivity contribution in [3.05, 3.63) is 0 Å². The third-order valence-electron chi connectivity index (χ3n) is 5.95. The second-order valence-corrected chi connectivity index (χ2v) is 7.35. The van der Waals surface area contributed by atoms with Crippen LogP contribution < -0.4 is 5.32 Å². The van der Waals surface area contributed by atoms with Crippen molar-refractivity contribution in [3.8, 4) is 0 Å². The summed E-state index contributed by atoms with van der Waals surface area (Å²) in [7, 11) is 0. The maximum Gasteiger partial charge on any atom is 0.391 e. The van der Waals surface area contributed by atoms with Gasteiger partial charge in [-0.2, -0.15) is 13.2 Å². The first-order valence-corrected chi connectivity index (χ1v) is 8.46. The molecule has 22 heavy (non-hydrogen) atoms. The lowest BCUT2D eigenvalue weighted by Gasteiger charge is -2.41. The number of halogens is 3. The Labute approximate surface area is 129 Å². The molecule has 1 saturated carbocycles. The molecule has 1 aliphatic carbocycles. The summed E-state index contributed by atoms with van der Waals surface area (Å²) in [5.74, 6) is -1.74. The van der Waals surface area contributed by atoms with Crippen molar-refractivity contribution in [3.63, 3.8) is 0 Å². The molecule has 2 atom stereocenters. The van der Waals surface area contributed by atoms with Crippen LogP contribution in [0.15, 0.2) is 0 Å². The largest absolute Gasteiger partial charge is 0.391 e. The van der Waals surface area contributed by atoms with Crippen molar-refractivity contribution in [2.45, 2.75) is 51.1 Å². The van der Waals surface area contributed by atoms with Gasteiger partial charge in [-0.3, -0.25) is 4.79 Å². The lowest BCUT2D eigenvalue weighted by molar-refractivity contribution is -0.187. The van der Waals surface area contributed by atoms with Crippen LogP contribution >= 0.6 is 0 Å². The molecule has 126 valence electrons. The highest BCUT2D eigenvalue weighted by atomic mass is 19.4. The molecule has 3 nitrogen and oxygen atoms in total. The van der Waals surface area contributed by atoms with Gasteiger partial charge in [0.2, 0.25) is 5.91 Å². The fourth-order valence-corrected chi connectivity index (χ4v) is 4.39. The fourth-order valence-electron chi connectivity index (χ4n) is 4.39. The SMILES string of the molecule is O=C(C1CCCC(C(F)(F)F)C1)N1CCC2(CCNC2)CC1. The molecular weight excluding hydrogens is 293 g/mol. The quantitative estimate of drug-likeness (QED) is 0.806. The monoisotopic (exact) mass is 318 g/mol. The van der Waals surface area contributed by atoms with E-state index in [9.17, 15) is 18.0 Å². The van der Waals surface area contributed by atoms with Crippen molar-refractivity contribution in [1.82, 2.24) is 10.2 Å². The molecule has 0 radical (unpaired) electrons. The molecule has 2 saturated heterocycles. The standard InChI is InChI=1S/C16H25F3N2O/c17-16(18,19)13-3-1-2-12(10-13)14(22)21-8-5-15(6-9-21)4-7-20-11-15/h12-13,20H,1-11H2. The van der Waals surface area contributed by atoms with Gasteiger partial charge in [-0.25, -0.2) is 0 Å². The molecule has 1 N–H and O–H groups in total. The number of alkyl halides is 3. The Kier molecular flexibility index (Phi) is 4.40. The summed E-state index contributed by atoms with van der Waals surface area (Å²) in [6.45, 7) is 3.50. The van der Waals surface area contributed by atoms with Gasteiger partial charge in [0.25, 0.3) is 0 Å². The number of rotatable bonds is 1. The van der Waals surface area contributed by atoms with E-state index in [2.05, 4.69) is 5.32 Å². The van der Waals surface area contributed by atoms with E-state index in [-0.39, 0.29) is 18.7 Å². The topological polar surface area (TPSA) is 32.3 Å². The Balaban J connectivity index is 1.55. The average Bonchev–Trinajstić information content (AvgIpc) is 2.95. The maximum absolute atomic E-state index is 12.9. The number of piperidine rings is 1. The highest BCUT2D eigenvalue weighted by molar-refractivity contribution is 5.79. The Morgan fingerprint density at radius 3 is 2.45 bits per heavy atom. The summed E-state index contributed by atoms with van der Waals surface area (Å²) in [4.78, 5) is 14.4. The predicted octanol–water partition coefficient (Wildman–Crippen LogP) is 2.96. The zero-order valence-corrected chi connectivity index (χ0v) is 12.9. The molecule has 0 aromatic heterocycles. The maximum atomic E-state index is 12.9. The first kappa shape index (κ1) is 16.1. The van der Waals surface area contributed by atoms with Crippen molar-refractivity contribution in [2.24, 2.45) is 17.3 Å². The van der Waals surface area contributed by atoms with Gasteiger partial charge in [0, 0.05) is 25.6 Å². The molecule has 2 unspecified atom stereocenters. The summed E-state index contributed by atoms with van der Waals surface area (Å²) in [6.07, 6.45) is 0.293. The van der Waals surface area contributed by atoms with Gasteiger partial charge in [0.05, 0.1) is 5.92 Å². The summed E-state index contributed by atoms with van der Waals surface area (Å²) >= 11 is 0. The fraction of sp³-hybridized carbons (Fsp3) is 0.938. The Morgan fingerprint density at radius 1 is 1.14 bits per heavy atom. The lowest BCUT2D eigenvalue weighted by atomic mass is 9.76. The van der Waals surface area contributed by atoms with E-state index >= 15 is 0 Å². The Bertz CT molecular complexity index is 408. The molecule has 3 rings (SSSR count). The first-order chi connectivity index (χ1) is 10.4. The number of nitrogens with zero attached hydrogens (tertiary/aromatic N) is 1. The number of hydrogen-bond acceptors (Lipinski definition) is 2. The van der Waals surface area contributed by atoms with E-state index in [1.54, 1.807) is 0 Å². The normalized spacial score (nSPS) is 32.4. The van der Waals surface area contributed by atoms with Crippen molar-refractivity contribution < 1.29 is 18.0 Å². The van der Waals surface area contributed by atoms with E-state index in [0.717, 1.165) is 32.4 Å². The van der Waals surface area contributed by atoms with E-state index < -0.39 is 18.0 Å². The van der Waals surface area contributed by atoms with Crippen LogP contribution in [0.2, 0.25) is 0 Å². The van der Waals surface area contributed by atoms with E-state index in [4.69, 9.17) is 0 Å². The number of likely N-dealkylation sites (tertiary alicyclic amines) is 1. The van der Waals surface area contributed by atoms with E-state index in [1.165, 1.54) is 0 Å². The van der Waals surface area contributed by atoms with Crippen LogP contribution in [0, 0.1) is 17.3 Å². The van der Waals surface area contributed by atoms with Crippen LogP contribution in [0.3, 0.4) is 0 Å². The van der Waals surface area contributed by atoms with E-state index in [1.807, 2.05) is 4.90 Å². The Hall–Kier alpha value is -0.780.